The maximum absolute atomic E-state index is 14.3. The molecule has 0 bridgehead atoms. The van der Waals surface area contributed by atoms with Crippen molar-refractivity contribution in [1.29, 1.82) is 0 Å². The molecule has 2 N–H and O–H groups in total. The molecular formula is C18H16FN3O. The lowest BCUT2D eigenvalue weighted by atomic mass is 9.97. The van der Waals surface area contributed by atoms with Crippen LogP contribution in [0.4, 0.5) is 10.1 Å². The molecule has 0 radical (unpaired) electrons. The summed E-state index contributed by atoms with van der Waals surface area (Å²) in [6, 6.07) is 12.3. The van der Waals surface area contributed by atoms with E-state index < -0.39 is 6.17 Å². The Morgan fingerprint density at radius 3 is 2.70 bits per heavy atom. The summed E-state index contributed by atoms with van der Waals surface area (Å²) in [5, 5.41) is 0. The Morgan fingerprint density at radius 2 is 1.91 bits per heavy atom. The zero-order valence-electron chi connectivity index (χ0n) is 12.7. The number of carbonyl (C=O) groups is 1. The number of halogens is 1. The van der Waals surface area contributed by atoms with Gasteiger partial charge in [-0.05, 0) is 31.0 Å². The van der Waals surface area contributed by atoms with Crippen LogP contribution in [0.25, 0.3) is 0 Å². The molecule has 2 aliphatic heterocycles. The fraction of sp³-hybridized carbons (Fsp3) is 0.222. The SMILES string of the molecule is CC1Cc2cccc3c2N1C(=O)C(N)N=C3c1ccccc1F. The van der Waals surface area contributed by atoms with Crippen molar-refractivity contribution in [3.8, 4) is 0 Å². The zero-order chi connectivity index (χ0) is 16.1. The van der Waals surface area contributed by atoms with Crippen molar-refractivity contribution < 1.29 is 9.18 Å². The van der Waals surface area contributed by atoms with Gasteiger partial charge in [-0.1, -0.05) is 30.3 Å². The number of carbonyl (C=O) groups excluding carboxylic acids is 1. The van der Waals surface area contributed by atoms with Gasteiger partial charge in [-0.3, -0.25) is 9.79 Å². The quantitative estimate of drug-likeness (QED) is 0.878. The minimum atomic E-state index is -1.02. The molecule has 5 heteroatoms. The number of anilines is 1. The Labute approximate surface area is 133 Å². The first-order chi connectivity index (χ1) is 11.1. The van der Waals surface area contributed by atoms with Gasteiger partial charge in [-0.25, -0.2) is 4.39 Å². The van der Waals surface area contributed by atoms with Crippen LogP contribution in [0.1, 0.15) is 23.6 Å². The van der Waals surface area contributed by atoms with Gasteiger partial charge in [0.2, 0.25) is 0 Å². The second-order valence-corrected chi connectivity index (χ2v) is 5.98. The Hall–Kier alpha value is -2.53. The number of nitrogens with zero attached hydrogens (tertiary/aromatic N) is 2. The first-order valence-electron chi connectivity index (χ1n) is 7.61. The molecule has 1 amide bonds. The zero-order valence-corrected chi connectivity index (χ0v) is 12.7. The van der Waals surface area contributed by atoms with Crippen LogP contribution in [-0.4, -0.2) is 23.8 Å². The van der Waals surface area contributed by atoms with Gasteiger partial charge < -0.3 is 10.6 Å². The predicted molar refractivity (Wildman–Crippen MR) is 87.1 cm³/mol. The molecule has 2 atom stereocenters. The molecule has 0 aliphatic carbocycles. The van der Waals surface area contributed by atoms with E-state index in [1.807, 2.05) is 25.1 Å². The molecule has 2 heterocycles. The van der Waals surface area contributed by atoms with Gasteiger partial charge in [-0.15, -0.1) is 0 Å². The highest BCUT2D eigenvalue weighted by Gasteiger charge is 2.38. The summed E-state index contributed by atoms with van der Waals surface area (Å²) in [6.07, 6.45) is -0.253. The average molecular weight is 309 g/mol. The van der Waals surface area contributed by atoms with E-state index in [4.69, 9.17) is 5.73 Å². The summed E-state index contributed by atoms with van der Waals surface area (Å²) in [7, 11) is 0. The highest BCUT2D eigenvalue weighted by Crippen LogP contribution is 2.38. The number of para-hydroxylation sites is 1. The van der Waals surface area contributed by atoms with Crippen LogP contribution >= 0.6 is 0 Å². The smallest absolute Gasteiger partial charge is 0.266 e. The van der Waals surface area contributed by atoms with Crippen LogP contribution < -0.4 is 10.6 Å². The molecule has 2 aliphatic rings. The molecule has 0 aromatic heterocycles. The van der Waals surface area contributed by atoms with Gasteiger partial charge in [-0.2, -0.15) is 0 Å². The molecule has 2 unspecified atom stereocenters. The molecule has 4 rings (SSSR count). The number of hydrogen-bond acceptors (Lipinski definition) is 3. The Balaban J connectivity index is 2.01. The van der Waals surface area contributed by atoms with Crippen molar-refractivity contribution >= 4 is 17.3 Å². The minimum Gasteiger partial charge on any atom is -0.305 e. The second kappa shape index (κ2) is 4.99. The van der Waals surface area contributed by atoms with Gasteiger partial charge in [0.05, 0.1) is 11.4 Å². The molecule has 116 valence electrons. The van der Waals surface area contributed by atoms with Crippen LogP contribution in [-0.2, 0) is 11.2 Å². The molecule has 0 saturated heterocycles. The molecule has 23 heavy (non-hydrogen) atoms. The summed E-state index contributed by atoms with van der Waals surface area (Å²) >= 11 is 0. The van der Waals surface area contributed by atoms with Crippen LogP contribution in [0, 0.1) is 5.82 Å². The third kappa shape index (κ3) is 2.00. The average Bonchev–Trinajstić information content (AvgIpc) is 2.82. The summed E-state index contributed by atoms with van der Waals surface area (Å²) in [4.78, 5) is 18.7. The first kappa shape index (κ1) is 14.1. The van der Waals surface area contributed by atoms with Crippen molar-refractivity contribution in [2.45, 2.75) is 25.6 Å². The third-order valence-electron chi connectivity index (χ3n) is 4.46. The first-order valence-corrected chi connectivity index (χ1v) is 7.61. The number of rotatable bonds is 1. The monoisotopic (exact) mass is 309 g/mol. The second-order valence-electron chi connectivity index (χ2n) is 5.98. The fourth-order valence-electron chi connectivity index (χ4n) is 3.46. The van der Waals surface area contributed by atoms with E-state index in [9.17, 15) is 9.18 Å². The molecule has 2 aromatic carbocycles. The van der Waals surface area contributed by atoms with Gasteiger partial charge in [0.1, 0.15) is 5.82 Å². The van der Waals surface area contributed by atoms with E-state index in [1.54, 1.807) is 23.1 Å². The number of aliphatic imine (C=N–C) groups is 1. The summed E-state index contributed by atoms with van der Waals surface area (Å²) in [5.41, 5.74) is 9.45. The van der Waals surface area contributed by atoms with Crippen LogP contribution in [0.3, 0.4) is 0 Å². The number of nitrogens with two attached hydrogens (primary N) is 1. The van der Waals surface area contributed by atoms with Gasteiger partial charge in [0.25, 0.3) is 5.91 Å². The summed E-state index contributed by atoms with van der Waals surface area (Å²) in [5.74, 6) is -0.613. The van der Waals surface area contributed by atoms with Crippen molar-refractivity contribution in [1.82, 2.24) is 0 Å². The molecule has 4 nitrogen and oxygen atoms in total. The summed E-state index contributed by atoms with van der Waals surface area (Å²) < 4.78 is 14.3. The molecule has 2 aromatic rings. The number of hydrogen-bond donors (Lipinski definition) is 1. The van der Waals surface area contributed by atoms with E-state index in [-0.39, 0.29) is 17.8 Å². The van der Waals surface area contributed by atoms with E-state index in [0.717, 1.165) is 23.2 Å². The molecule has 0 saturated carbocycles. The summed E-state index contributed by atoms with van der Waals surface area (Å²) in [6.45, 7) is 1.99. The van der Waals surface area contributed by atoms with Crippen molar-refractivity contribution in [2.24, 2.45) is 10.7 Å². The highest BCUT2D eigenvalue weighted by molar-refractivity contribution is 6.21. The van der Waals surface area contributed by atoms with Gasteiger partial charge >= 0.3 is 0 Å². The maximum atomic E-state index is 14.3. The van der Waals surface area contributed by atoms with E-state index in [0.29, 0.717) is 11.3 Å². The Bertz CT molecular complexity index is 846. The van der Waals surface area contributed by atoms with Crippen LogP contribution in [0.5, 0.6) is 0 Å². The standard InChI is InChI=1S/C18H16FN3O/c1-10-9-11-5-4-7-13-15(12-6-2-3-8-14(12)19)21-17(20)18(23)22(10)16(11)13/h2-8,10,17H,9,20H2,1H3. The largest absolute Gasteiger partial charge is 0.305 e. The normalized spacial score (nSPS) is 22.7. The van der Waals surface area contributed by atoms with Crippen LogP contribution in [0.15, 0.2) is 47.5 Å². The highest BCUT2D eigenvalue weighted by atomic mass is 19.1. The molecule has 0 spiro atoms. The lowest BCUT2D eigenvalue weighted by molar-refractivity contribution is -0.119. The lowest BCUT2D eigenvalue weighted by Crippen LogP contribution is -2.45. The van der Waals surface area contributed by atoms with Crippen molar-refractivity contribution in [3.63, 3.8) is 0 Å². The van der Waals surface area contributed by atoms with Gasteiger partial charge in [0.15, 0.2) is 6.17 Å². The Kier molecular flexibility index (Phi) is 3.06. The minimum absolute atomic E-state index is 0.0277. The predicted octanol–water partition coefficient (Wildman–Crippen LogP) is 2.24. The number of benzene rings is 2. The van der Waals surface area contributed by atoms with Crippen LogP contribution in [0.2, 0.25) is 0 Å². The van der Waals surface area contributed by atoms with Crippen molar-refractivity contribution in [2.75, 3.05) is 4.90 Å². The lowest BCUT2D eigenvalue weighted by Gasteiger charge is -2.23. The fourth-order valence-corrected chi connectivity index (χ4v) is 3.46. The Morgan fingerprint density at radius 1 is 1.17 bits per heavy atom. The van der Waals surface area contributed by atoms with Gasteiger partial charge in [0, 0.05) is 17.2 Å². The van der Waals surface area contributed by atoms with E-state index in [2.05, 4.69) is 4.99 Å². The van der Waals surface area contributed by atoms with E-state index in [1.165, 1.54) is 6.07 Å². The van der Waals surface area contributed by atoms with Crippen molar-refractivity contribution in [3.05, 3.63) is 65.0 Å². The third-order valence-corrected chi connectivity index (χ3v) is 4.46. The topological polar surface area (TPSA) is 58.7 Å². The maximum Gasteiger partial charge on any atom is 0.266 e. The molecule has 0 fully saturated rings. The molecular weight excluding hydrogens is 293 g/mol. The number of amides is 1. The van der Waals surface area contributed by atoms with E-state index >= 15 is 0 Å².